The molecule has 8 heteroatoms. The Bertz CT molecular complexity index is 909. The number of rotatable bonds is 9. The summed E-state index contributed by atoms with van der Waals surface area (Å²) in [6.07, 6.45) is 3.08. The molecule has 0 unspecified atom stereocenters. The largest absolute Gasteiger partial charge is 0.490 e. The summed E-state index contributed by atoms with van der Waals surface area (Å²) in [5.74, 6) is 0.595. The van der Waals surface area contributed by atoms with Gasteiger partial charge in [-0.15, -0.1) is 0 Å². The van der Waals surface area contributed by atoms with Gasteiger partial charge in [0, 0.05) is 11.6 Å². The SMILES string of the molecule is C=CCOc1ccc(/C=N\NC(=O)c2cccc([N+](=O)[O-])c2C)cc1OCC. The maximum absolute atomic E-state index is 12.3. The quantitative estimate of drug-likeness (QED) is 0.308. The number of carbonyl (C=O) groups is 1. The van der Waals surface area contributed by atoms with Crippen LogP contribution in [0.5, 0.6) is 11.5 Å². The number of benzene rings is 2. The van der Waals surface area contributed by atoms with Crippen LogP contribution in [-0.4, -0.2) is 30.3 Å². The molecule has 0 aliphatic rings. The van der Waals surface area contributed by atoms with Gasteiger partial charge in [0.15, 0.2) is 11.5 Å². The van der Waals surface area contributed by atoms with Gasteiger partial charge in [0.2, 0.25) is 0 Å². The van der Waals surface area contributed by atoms with Gasteiger partial charge in [-0.2, -0.15) is 5.10 Å². The molecule has 0 aliphatic heterocycles. The Kier molecular flexibility index (Phi) is 7.27. The fraction of sp³-hybridized carbons (Fsp3) is 0.200. The van der Waals surface area contributed by atoms with Crippen LogP contribution in [0.3, 0.4) is 0 Å². The standard InChI is InChI=1S/C20H21N3O5/c1-4-11-28-18-10-9-15(12-19(18)27-5-2)13-21-22-20(24)16-7-6-8-17(14(16)3)23(25)26/h4,6-10,12-13H,1,5,11H2,2-3H3,(H,22,24)/b21-13-. The van der Waals surface area contributed by atoms with Crippen molar-refractivity contribution >= 4 is 17.8 Å². The fourth-order valence-electron chi connectivity index (χ4n) is 2.43. The molecule has 1 N–H and O–H groups in total. The molecule has 0 fully saturated rings. The highest BCUT2D eigenvalue weighted by Crippen LogP contribution is 2.28. The molecule has 146 valence electrons. The van der Waals surface area contributed by atoms with E-state index >= 15 is 0 Å². The van der Waals surface area contributed by atoms with Gasteiger partial charge in [-0.3, -0.25) is 14.9 Å². The zero-order valence-corrected chi connectivity index (χ0v) is 15.7. The van der Waals surface area contributed by atoms with Crippen molar-refractivity contribution in [1.82, 2.24) is 5.43 Å². The number of hydrogen-bond donors (Lipinski definition) is 1. The van der Waals surface area contributed by atoms with Crippen molar-refractivity contribution in [3.05, 3.63) is 75.9 Å². The topological polar surface area (TPSA) is 103 Å². The molecule has 0 atom stereocenters. The summed E-state index contributed by atoms with van der Waals surface area (Å²) in [5, 5.41) is 14.9. The predicted octanol–water partition coefficient (Wildman–Crippen LogP) is 3.63. The summed E-state index contributed by atoms with van der Waals surface area (Å²) < 4.78 is 11.1. The van der Waals surface area contributed by atoms with E-state index < -0.39 is 10.8 Å². The van der Waals surface area contributed by atoms with Crippen molar-refractivity contribution in [2.24, 2.45) is 5.10 Å². The third-order valence-electron chi connectivity index (χ3n) is 3.75. The van der Waals surface area contributed by atoms with Gasteiger partial charge in [0.1, 0.15) is 6.61 Å². The Labute approximate surface area is 162 Å². The molecule has 0 bridgehead atoms. The number of nitrogens with one attached hydrogen (secondary N) is 1. The first-order valence-electron chi connectivity index (χ1n) is 8.55. The Morgan fingerprint density at radius 2 is 2.07 bits per heavy atom. The van der Waals surface area contributed by atoms with Gasteiger partial charge in [-0.1, -0.05) is 18.7 Å². The van der Waals surface area contributed by atoms with E-state index in [0.29, 0.717) is 30.3 Å². The average molecular weight is 383 g/mol. The number of nitrogens with zero attached hydrogens (tertiary/aromatic N) is 2. The Balaban J connectivity index is 2.13. The second-order valence-corrected chi connectivity index (χ2v) is 5.64. The van der Waals surface area contributed by atoms with E-state index in [9.17, 15) is 14.9 Å². The summed E-state index contributed by atoms with van der Waals surface area (Å²) in [6, 6.07) is 9.54. The summed E-state index contributed by atoms with van der Waals surface area (Å²) in [4.78, 5) is 22.7. The van der Waals surface area contributed by atoms with Crippen LogP contribution in [-0.2, 0) is 0 Å². The number of amides is 1. The maximum atomic E-state index is 12.3. The van der Waals surface area contributed by atoms with Crippen LogP contribution in [0.2, 0.25) is 0 Å². The second kappa shape index (κ2) is 9.86. The smallest absolute Gasteiger partial charge is 0.273 e. The van der Waals surface area contributed by atoms with Crippen LogP contribution in [0.4, 0.5) is 5.69 Å². The van der Waals surface area contributed by atoms with E-state index in [-0.39, 0.29) is 16.8 Å². The van der Waals surface area contributed by atoms with Crippen molar-refractivity contribution in [2.75, 3.05) is 13.2 Å². The van der Waals surface area contributed by atoms with E-state index in [4.69, 9.17) is 9.47 Å². The van der Waals surface area contributed by atoms with Gasteiger partial charge in [0.05, 0.1) is 23.3 Å². The van der Waals surface area contributed by atoms with Crippen LogP contribution in [0, 0.1) is 17.0 Å². The van der Waals surface area contributed by atoms with Gasteiger partial charge in [-0.05, 0) is 43.7 Å². The molecule has 0 aliphatic carbocycles. The number of nitro benzene ring substituents is 1. The average Bonchev–Trinajstić information content (AvgIpc) is 2.67. The van der Waals surface area contributed by atoms with Gasteiger partial charge in [0.25, 0.3) is 11.6 Å². The third kappa shape index (κ3) is 5.16. The molecule has 2 aromatic carbocycles. The summed E-state index contributed by atoms with van der Waals surface area (Å²) >= 11 is 0. The monoisotopic (exact) mass is 383 g/mol. The zero-order chi connectivity index (χ0) is 20.5. The van der Waals surface area contributed by atoms with Crippen molar-refractivity contribution in [3.8, 4) is 11.5 Å². The molecule has 1 amide bonds. The fourth-order valence-corrected chi connectivity index (χ4v) is 2.43. The van der Waals surface area contributed by atoms with Gasteiger partial charge < -0.3 is 9.47 Å². The van der Waals surface area contributed by atoms with Gasteiger partial charge in [-0.25, -0.2) is 5.43 Å². The Morgan fingerprint density at radius 1 is 1.29 bits per heavy atom. The van der Waals surface area contributed by atoms with Crippen LogP contribution < -0.4 is 14.9 Å². The van der Waals surface area contributed by atoms with Crippen LogP contribution >= 0.6 is 0 Å². The molecule has 0 saturated carbocycles. The van der Waals surface area contributed by atoms with Crippen molar-refractivity contribution in [3.63, 3.8) is 0 Å². The lowest BCUT2D eigenvalue weighted by molar-refractivity contribution is -0.385. The van der Waals surface area contributed by atoms with E-state index in [1.54, 1.807) is 24.3 Å². The molecule has 8 nitrogen and oxygen atoms in total. The Hall–Kier alpha value is -3.68. The first kappa shape index (κ1) is 20.6. The van der Waals surface area contributed by atoms with Crippen LogP contribution in [0.15, 0.2) is 54.2 Å². The number of hydrogen-bond acceptors (Lipinski definition) is 6. The van der Waals surface area contributed by atoms with E-state index in [1.165, 1.54) is 31.3 Å². The number of nitro groups is 1. The van der Waals surface area contributed by atoms with E-state index in [0.717, 1.165) is 0 Å². The number of carbonyl (C=O) groups excluding carboxylic acids is 1. The summed E-state index contributed by atoms with van der Waals surface area (Å²) in [6.45, 7) is 7.81. The van der Waals surface area contributed by atoms with Crippen LogP contribution in [0.1, 0.15) is 28.4 Å². The summed E-state index contributed by atoms with van der Waals surface area (Å²) in [5.41, 5.74) is 3.41. The molecule has 0 spiro atoms. The molecular formula is C20H21N3O5. The minimum absolute atomic E-state index is 0.118. The van der Waals surface area contributed by atoms with E-state index in [2.05, 4.69) is 17.1 Å². The molecule has 28 heavy (non-hydrogen) atoms. The second-order valence-electron chi connectivity index (χ2n) is 5.64. The lowest BCUT2D eigenvalue weighted by Crippen LogP contribution is -2.19. The zero-order valence-electron chi connectivity index (χ0n) is 15.7. The first-order valence-corrected chi connectivity index (χ1v) is 8.55. The minimum atomic E-state index is -0.534. The normalized spacial score (nSPS) is 10.5. The first-order chi connectivity index (χ1) is 13.5. The predicted molar refractivity (Wildman–Crippen MR) is 106 cm³/mol. The van der Waals surface area contributed by atoms with Crippen molar-refractivity contribution in [1.29, 1.82) is 0 Å². The Morgan fingerprint density at radius 3 is 2.75 bits per heavy atom. The number of hydrazone groups is 1. The summed E-state index contributed by atoms with van der Waals surface area (Å²) in [7, 11) is 0. The molecule has 2 rings (SSSR count). The maximum Gasteiger partial charge on any atom is 0.273 e. The van der Waals surface area contributed by atoms with Crippen molar-refractivity contribution in [2.45, 2.75) is 13.8 Å². The van der Waals surface area contributed by atoms with Crippen molar-refractivity contribution < 1.29 is 19.2 Å². The minimum Gasteiger partial charge on any atom is -0.490 e. The van der Waals surface area contributed by atoms with E-state index in [1.807, 2.05) is 6.92 Å². The number of ether oxygens (including phenoxy) is 2. The molecule has 2 aromatic rings. The highest BCUT2D eigenvalue weighted by atomic mass is 16.6. The molecule has 0 saturated heterocycles. The van der Waals surface area contributed by atoms with Crippen LogP contribution in [0.25, 0.3) is 0 Å². The van der Waals surface area contributed by atoms with Gasteiger partial charge >= 0.3 is 0 Å². The lowest BCUT2D eigenvalue weighted by Gasteiger charge is -2.11. The molecule has 0 radical (unpaired) electrons. The molecular weight excluding hydrogens is 362 g/mol. The molecule has 0 heterocycles. The third-order valence-corrected chi connectivity index (χ3v) is 3.75. The lowest BCUT2D eigenvalue weighted by atomic mass is 10.1. The molecule has 0 aromatic heterocycles. The highest BCUT2D eigenvalue weighted by molar-refractivity contribution is 5.97. The highest BCUT2D eigenvalue weighted by Gasteiger charge is 2.17.